The molecule has 0 saturated carbocycles. The van der Waals surface area contributed by atoms with Crippen LogP contribution in [0, 0.1) is 24.4 Å². The highest BCUT2D eigenvalue weighted by atomic mass is 19.2. The van der Waals surface area contributed by atoms with Gasteiger partial charge in [-0.3, -0.25) is 4.98 Å². The Labute approximate surface area is 90.9 Å². The molecule has 0 aliphatic carbocycles. The van der Waals surface area contributed by atoms with Crippen molar-refractivity contribution in [1.29, 1.82) is 0 Å². The van der Waals surface area contributed by atoms with Crippen LogP contribution in [-0.4, -0.2) is 4.98 Å². The lowest BCUT2D eigenvalue weighted by Gasteiger charge is -2.07. The number of hydrogen-bond donors (Lipinski definition) is 0. The first-order valence-electron chi connectivity index (χ1n) is 4.98. The first-order chi connectivity index (χ1) is 7.54. The van der Waals surface area contributed by atoms with E-state index in [1.165, 1.54) is 0 Å². The second kappa shape index (κ2) is 3.77. The van der Waals surface area contributed by atoms with Gasteiger partial charge in [-0.1, -0.05) is 6.92 Å². The van der Waals surface area contributed by atoms with Crippen LogP contribution in [-0.2, 0) is 6.42 Å². The predicted molar refractivity (Wildman–Crippen MR) is 55.7 cm³/mol. The van der Waals surface area contributed by atoms with Gasteiger partial charge < -0.3 is 0 Å². The summed E-state index contributed by atoms with van der Waals surface area (Å²) in [5, 5.41) is 0.0759. The summed E-state index contributed by atoms with van der Waals surface area (Å²) < 4.78 is 39.7. The second-order valence-electron chi connectivity index (χ2n) is 3.66. The van der Waals surface area contributed by atoms with E-state index in [0.717, 1.165) is 6.07 Å². The van der Waals surface area contributed by atoms with Crippen molar-refractivity contribution in [3.63, 3.8) is 0 Å². The van der Waals surface area contributed by atoms with Crippen molar-refractivity contribution in [2.75, 3.05) is 0 Å². The highest BCUT2D eigenvalue weighted by Crippen LogP contribution is 2.25. The van der Waals surface area contributed by atoms with Crippen LogP contribution < -0.4 is 0 Å². The average molecular weight is 225 g/mol. The molecule has 84 valence electrons. The molecule has 0 N–H and O–H groups in total. The van der Waals surface area contributed by atoms with Gasteiger partial charge >= 0.3 is 0 Å². The lowest BCUT2D eigenvalue weighted by molar-refractivity contribution is 0.453. The van der Waals surface area contributed by atoms with E-state index in [0.29, 0.717) is 17.7 Å². The van der Waals surface area contributed by atoms with Crippen molar-refractivity contribution in [1.82, 2.24) is 4.98 Å². The fraction of sp³-hybridized carbons (Fsp3) is 0.250. The zero-order valence-electron chi connectivity index (χ0n) is 8.94. The molecule has 2 aromatic rings. The number of rotatable bonds is 1. The molecule has 1 aromatic heterocycles. The first-order valence-corrected chi connectivity index (χ1v) is 4.98. The van der Waals surface area contributed by atoms with Gasteiger partial charge in [-0.25, -0.2) is 13.2 Å². The largest absolute Gasteiger partial charge is 0.253 e. The second-order valence-corrected chi connectivity index (χ2v) is 3.66. The monoisotopic (exact) mass is 225 g/mol. The minimum atomic E-state index is -1.44. The van der Waals surface area contributed by atoms with Gasteiger partial charge in [0, 0.05) is 17.1 Å². The summed E-state index contributed by atoms with van der Waals surface area (Å²) in [5.41, 5.74) is 1.46. The fourth-order valence-corrected chi connectivity index (χ4v) is 1.80. The quantitative estimate of drug-likeness (QED) is 0.676. The molecule has 2 rings (SSSR count). The van der Waals surface area contributed by atoms with E-state index in [9.17, 15) is 13.2 Å². The normalized spacial score (nSPS) is 11.1. The molecule has 0 aliphatic heterocycles. The smallest absolute Gasteiger partial charge is 0.195 e. The summed E-state index contributed by atoms with van der Waals surface area (Å²) in [6, 6.07) is 2.61. The highest BCUT2D eigenvalue weighted by Gasteiger charge is 2.16. The number of aryl methyl sites for hydroxylation is 2. The number of halogens is 3. The van der Waals surface area contributed by atoms with Gasteiger partial charge in [0.25, 0.3) is 0 Å². The van der Waals surface area contributed by atoms with Gasteiger partial charge in [0.2, 0.25) is 0 Å². The minimum absolute atomic E-state index is 0.0759. The predicted octanol–water partition coefficient (Wildman–Crippen LogP) is 3.52. The minimum Gasteiger partial charge on any atom is -0.253 e. The highest BCUT2D eigenvalue weighted by molar-refractivity contribution is 5.83. The summed E-state index contributed by atoms with van der Waals surface area (Å²) in [7, 11) is 0. The Bertz CT molecular complexity index is 564. The maximum absolute atomic E-state index is 13.6. The van der Waals surface area contributed by atoms with Gasteiger partial charge in [-0.2, -0.15) is 0 Å². The number of fused-ring (bicyclic) bond motifs is 1. The Morgan fingerprint density at radius 3 is 2.44 bits per heavy atom. The molecule has 0 atom stereocenters. The lowest BCUT2D eigenvalue weighted by atomic mass is 10.0. The van der Waals surface area contributed by atoms with Gasteiger partial charge in [0.05, 0.1) is 5.52 Å². The molecule has 0 spiro atoms. The van der Waals surface area contributed by atoms with Crippen molar-refractivity contribution in [2.45, 2.75) is 20.3 Å². The van der Waals surface area contributed by atoms with Gasteiger partial charge in [0.1, 0.15) is 0 Å². The molecule has 4 heteroatoms. The van der Waals surface area contributed by atoms with Crippen molar-refractivity contribution >= 4 is 10.9 Å². The first kappa shape index (κ1) is 10.9. The van der Waals surface area contributed by atoms with E-state index in [-0.39, 0.29) is 10.9 Å². The van der Waals surface area contributed by atoms with Crippen molar-refractivity contribution < 1.29 is 13.2 Å². The van der Waals surface area contributed by atoms with E-state index in [1.807, 2.05) is 6.92 Å². The van der Waals surface area contributed by atoms with Gasteiger partial charge in [-0.15, -0.1) is 0 Å². The van der Waals surface area contributed by atoms with Gasteiger partial charge in [-0.05, 0) is 25.0 Å². The van der Waals surface area contributed by atoms with Gasteiger partial charge in [0.15, 0.2) is 17.5 Å². The van der Waals surface area contributed by atoms with Crippen molar-refractivity contribution in [2.24, 2.45) is 0 Å². The van der Waals surface area contributed by atoms with E-state index in [1.54, 1.807) is 13.0 Å². The van der Waals surface area contributed by atoms with E-state index >= 15 is 0 Å². The maximum atomic E-state index is 13.6. The molecule has 1 nitrogen and oxygen atoms in total. The summed E-state index contributed by atoms with van der Waals surface area (Å²) in [4.78, 5) is 4.00. The third-order valence-electron chi connectivity index (χ3n) is 2.52. The number of benzene rings is 1. The van der Waals surface area contributed by atoms with Crippen LogP contribution in [0.4, 0.5) is 13.2 Å². The maximum Gasteiger partial charge on any atom is 0.195 e. The van der Waals surface area contributed by atoms with Crippen LogP contribution in [0.1, 0.15) is 18.2 Å². The molecule has 1 aromatic carbocycles. The molecular formula is C12H10F3N. The third-order valence-corrected chi connectivity index (χ3v) is 2.52. The number of nitrogens with zero attached hydrogens (tertiary/aromatic N) is 1. The number of aromatic nitrogens is 1. The molecule has 0 bridgehead atoms. The van der Waals surface area contributed by atoms with Crippen molar-refractivity contribution in [3.05, 3.63) is 40.8 Å². The molecule has 16 heavy (non-hydrogen) atoms. The molecule has 0 amide bonds. The Balaban J connectivity index is 2.95. The van der Waals surface area contributed by atoms with Crippen LogP contribution in [0.2, 0.25) is 0 Å². The zero-order chi connectivity index (χ0) is 11.9. The molecule has 0 fully saturated rings. The lowest BCUT2D eigenvalue weighted by Crippen LogP contribution is -1.98. The van der Waals surface area contributed by atoms with Crippen LogP contribution >= 0.6 is 0 Å². The van der Waals surface area contributed by atoms with Crippen molar-refractivity contribution in [3.8, 4) is 0 Å². The zero-order valence-corrected chi connectivity index (χ0v) is 8.94. The molecular weight excluding hydrogens is 215 g/mol. The summed E-state index contributed by atoms with van der Waals surface area (Å²) >= 11 is 0. The van der Waals surface area contributed by atoms with E-state index in [2.05, 4.69) is 4.98 Å². The fourth-order valence-electron chi connectivity index (χ4n) is 1.80. The number of hydrogen-bond acceptors (Lipinski definition) is 1. The SMILES string of the molecule is CCc1cc(C)nc2cc(F)c(F)c(F)c12. The standard InChI is InChI=1S/C12H10F3N/c1-3-7-4-6(2)16-9-5-8(13)11(14)12(15)10(7)9/h4-5H,3H2,1-2H3. The molecule has 0 aliphatic rings. The number of pyridine rings is 1. The summed E-state index contributed by atoms with van der Waals surface area (Å²) in [6.45, 7) is 3.56. The molecule has 1 heterocycles. The molecule has 0 radical (unpaired) electrons. The topological polar surface area (TPSA) is 12.9 Å². The van der Waals surface area contributed by atoms with Crippen LogP contribution in [0.15, 0.2) is 12.1 Å². The Kier molecular flexibility index (Phi) is 2.58. The molecule has 0 saturated heterocycles. The Hall–Kier alpha value is -1.58. The Morgan fingerprint density at radius 1 is 1.12 bits per heavy atom. The van der Waals surface area contributed by atoms with Crippen LogP contribution in [0.3, 0.4) is 0 Å². The summed E-state index contributed by atoms with van der Waals surface area (Å²) in [5.74, 6) is -3.79. The van der Waals surface area contributed by atoms with E-state index in [4.69, 9.17) is 0 Å². The van der Waals surface area contributed by atoms with E-state index < -0.39 is 17.5 Å². The Morgan fingerprint density at radius 2 is 1.81 bits per heavy atom. The van der Waals surface area contributed by atoms with Crippen LogP contribution in [0.25, 0.3) is 10.9 Å². The summed E-state index contributed by atoms with van der Waals surface area (Å²) in [6.07, 6.45) is 0.544. The molecule has 0 unspecified atom stereocenters. The third kappa shape index (κ3) is 1.54. The van der Waals surface area contributed by atoms with Crippen LogP contribution in [0.5, 0.6) is 0 Å². The average Bonchev–Trinajstić information content (AvgIpc) is 2.24.